The Kier molecular flexibility index (Phi) is 3.96. The first kappa shape index (κ1) is 13.9. The molecule has 2 unspecified atom stereocenters. The van der Waals surface area contributed by atoms with Crippen molar-refractivity contribution in [3.8, 4) is 0 Å². The highest BCUT2D eigenvalue weighted by Gasteiger charge is 2.39. The third-order valence-corrected chi connectivity index (χ3v) is 5.17. The summed E-state index contributed by atoms with van der Waals surface area (Å²) in [4.78, 5) is 25.3. The van der Waals surface area contributed by atoms with Gasteiger partial charge in [-0.1, -0.05) is 19.3 Å². The number of piperidine rings is 1. The van der Waals surface area contributed by atoms with Gasteiger partial charge >= 0.3 is 5.97 Å². The second-order valence-corrected chi connectivity index (χ2v) is 6.41. The smallest absolute Gasteiger partial charge is 0.332 e. The average Bonchev–Trinajstić information content (AvgIpc) is 2.96. The summed E-state index contributed by atoms with van der Waals surface area (Å²) in [6.45, 7) is 1.67. The van der Waals surface area contributed by atoms with Gasteiger partial charge in [-0.05, 0) is 37.5 Å². The first-order valence-corrected chi connectivity index (χ1v) is 7.82. The van der Waals surface area contributed by atoms with Gasteiger partial charge in [-0.25, -0.2) is 4.79 Å². The number of amides is 1. The monoisotopic (exact) mass is 281 g/mol. The van der Waals surface area contributed by atoms with Crippen LogP contribution in [0.25, 0.3) is 0 Å². The minimum absolute atomic E-state index is 0.0118. The third-order valence-electron chi connectivity index (χ3n) is 5.17. The number of carbonyl (C=O) groups is 2. The Morgan fingerprint density at radius 2 is 1.65 bits per heavy atom. The molecule has 3 rings (SSSR count). The van der Waals surface area contributed by atoms with Crippen molar-refractivity contribution >= 4 is 11.9 Å². The van der Waals surface area contributed by atoms with Crippen LogP contribution in [0.4, 0.5) is 0 Å². The van der Waals surface area contributed by atoms with Crippen molar-refractivity contribution in [2.75, 3.05) is 13.1 Å². The van der Waals surface area contributed by atoms with Crippen LogP contribution in [0.1, 0.15) is 44.9 Å². The summed E-state index contributed by atoms with van der Waals surface area (Å²) in [5.74, 6) is 0.506. The summed E-state index contributed by atoms with van der Waals surface area (Å²) in [6, 6.07) is 0. The number of aliphatic carboxylic acids is 1. The maximum atomic E-state index is 12.5. The van der Waals surface area contributed by atoms with Crippen molar-refractivity contribution in [3.63, 3.8) is 0 Å². The molecule has 2 heterocycles. The lowest BCUT2D eigenvalue weighted by atomic mass is 9.75. The van der Waals surface area contributed by atoms with Crippen molar-refractivity contribution in [3.05, 3.63) is 0 Å². The van der Waals surface area contributed by atoms with Gasteiger partial charge in [0.25, 0.3) is 5.91 Å². The molecule has 4 atom stereocenters. The lowest BCUT2D eigenvalue weighted by molar-refractivity contribution is -0.156. The van der Waals surface area contributed by atoms with Gasteiger partial charge in [0, 0.05) is 13.1 Å². The Morgan fingerprint density at radius 3 is 2.35 bits per heavy atom. The fourth-order valence-corrected chi connectivity index (χ4v) is 4.01. The molecule has 5 nitrogen and oxygen atoms in total. The Balaban J connectivity index is 1.57. The highest BCUT2D eigenvalue weighted by Crippen LogP contribution is 2.36. The Labute approximate surface area is 119 Å². The zero-order valence-electron chi connectivity index (χ0n) is 11.8. The SMILES string of the molecule is O=C(O)[C@H]1CC[C@@H](C(=O)N2CCC3CCCCC3C2)O1. The molecule has 0 spiro atoms. The molecule has 0 radical (unpaired) electrons. The van der Waals surface area contributed by atoms with Gasteiger partial charge < -0.3 is 14.7 Å². The highest BCUT2D eigenvalue weighted by molar-refractivity contribution is 5.82. The van der Waals surface area contributed by atoms with Gasteiger partial charge in [0.05, 0.1) is 0 Å². The van der Waals surface area contributed by atoms with E-state index in [0.29, 0.717) is 18.8 Å². The normalized spacial score (nSPS) is 37.5. The molecule has 20 heavy (non-hydrogen) atoms. The van der Waals surface area contributed by atoms with Gasteiger partial charge in [-0.2, -0.15) is 0 Å². The van der Waals surface area contributed by atoms with Gasteiger partial charge in [-0.3, -0.25) is 4.79 Å². The predicted molar refractivity (Wildman–Crippen MR) is 72.2 cm³/mol. The van der Waals surface area contributed by atoms with E-state index in [1.807, 2.05) is 4.90 Å². The summed E-state index contributed by atoms with van der Waals surface area (Å²) < 4.78 is 5.38. The topological polar surface area (TPSA) is 66.8 Å². The Bertz CT molecular complexity index is 397. The number of carbonyl (C=O) groups excluding carboxylic acids is 1. The number of ether oxygens (including phenoxy) is 1. The summed E-state index contributed by atoms with van der Waals surface area (Å²) in [5, 5.41) is 8.93. The number of carboxylic acid groups (broad SMARTS) is 1. The molecule has 3 aliphatic rings. The highest BCUT2D eigenvalue weighted by atomic mass is 16.5. The summed E-state index contributed by atoms with van der Waals surface area (Å²) in [7, 11) is 0. The van der Waals surface area contributed by atoms with E-state index in [4.69, 9.17) is 9.84 Å². The predicted octanol–water partition coefficient (Wildman–Crippen LogP) is 1.66. The molecular weight excluding hydrogens is 258 g/mol. The van der Waals surface area contributed by atoms with Crippen molar-refractivity contribution in [2.45, 2.75) is 57.2 Å². The molecule has 1 N–H and O–H groups in total. The molecule has 112 valence electrons. The number of nitrogens with zero attached hydrogens (tertiary/aromatic N) is 1. The van der Waals surface area contributed by atoms with Crippen LogP contribution >= 0.6 is 0 Å². The quantitative estimate of drug-likeness (QED) is 0.836. The Morgan fingerprint density at radius 1 is 0.950 bits per heavy atom. The summed E-state index contributed by atoms with van der Waals surface area (Å²) in [6.07, 6.45) is 5.93. The Hall–Kier alpha value is -1.10. The molecule has 2 aliphatic heterocycles. The second kappa shape index (κ2) is 5.72. The van der Waals surface area contributed by atoms with E-state index in [2.05, 4.69) is 0 Å². The van der Waals surface area contributed by atoms with Gasteiger partial charge in [0.15, 0.2) is 6.10 Å². The van der Waals surface area contributed by atoms with E-state index in [0.717, 1.165) is 25.4 Å². The number of likely N-dealkylation sites (tertiary alicyclic amines) is 1. The fourth-order valence-electron chi connectivity index (χ4n) is 4.01. The van der Waals surface area contributed by atoms with Crippen LogP contribution in [0.2, 0.25) is 0 Å². The van der Waals surface area contributed by atoms with Crippen LogP contribution in [-0.4, -0.2) is 47.2 Å². The lowest BCUT2D eigenvalue weighted by Crippen LogP contribution is -2.48. The van der Waals surface area contributed by atoms with Crippen LogP contribution < -0.4 is 0 Å². The minimum Gasteiger partial charge on any atom is -0.479 e. The van der Waals surface area contributed by atoms with Crippen LogP contribution in [0.3, 0.4) is 0 Å². The number of rotatable bonds is 2. The maximum Gasteiger partial charge on any atom is 0.332 e. The zero-order valence-corrected chi connectivity index (χ0v) is 11.8. The van der Waals surface area contributed by atoms with Crippen LogP contribution in [0.5, 0.6) is 0 Å². The van der Waals surface area contributed by atoms with Crippen molar-refractivity contribution < 1.29 is 19.4 Å². The van der Waals surface area contributed by atoms with Crippen molar-refractivity contribution in [2.24, 2.45) is 11.8 Å². The van der Waals surface area contributed by atoms with Gasteiger partial charge in [0.2, 0.25) is 0 Å². The van der Waals surface area contributed by atoms with E-state index in [-0.39, 0.29) is 5.91 Å². The molecule has 3 fully saturated rings. The third kappa shape index (κ3) is 2.68. The molecule has 0 aromatic rings. The van der Waals surface area contributed by atoms with Crippen LogP contribution in [0, 0.1) is 11.8 Å². The van der Waals surface area contributed by atoms with E-state index < -0.39 is 18.2 Å². The zero-order chi connectivity index (χ0) is 14.1. The number of fused-ring (bicyclic) bond motifs is 1. The molecule has 1 saturated carbocycles. The van der Waals surface area contributed by atoms with Crippen molar-refractivity contribution in [1.29, 1.82) is 0 Å². The first-order valence-electron chi connectivity index (χ1n) is 7.82. The molecule has 1 amide bonds. The largest absolute Gasteiger partial charge is 0.479 e. The van der Waals surface area contributed by atoms with Gasteiger partial charge in [0.1, 0.15) is 6.10 Å². The van der Waals surface area contributed by atoms with E-state index in [9.17, 15) is 9.59 Å². The summed E-state index contributed by atoms with van der Waals surface area (Å²) in [5.41, 5.74) is 0. The number of hydrogen-bond acceptors (Lipinski definition) is 3. The van der Waals surface area contributed by atoms with E-state index in [1.165, 1.54) is 25.7 Å². The first-order chi connectivity index (χ1) is 9.65. The van der Waals surface area contributed by atoms with Gasteiger partial charge in [-0.15, -0.1) is 0 Å². The molecule has 5 heteroatoms. The molecule has 2 saturated heterocycles. The minimum atomic E-state index is -0.953. The summed E-state index contributed by atoms with van der Waals surface area (Å²) >= 11 is 0. The number of carboxylic acids is 1. The number of hydrogen-bond donors (Lipinski definition) is 1. The molecule has 0 aromatic heterocycles. The standard InChI is InChI=1S/C15H23NO4/c17-14(12-5-6-13(20-12)15(18)19)16-8-7-10-3-1-2-4-11(10)9-16/h10-13H,1-9H2,(H,18,19)/t10?,11?,12-,13+/m0/s1. The molecular formula is C15H23NO4. The van der Waals surface area contributed by atoms with Crippen LogP contribution in [0.15, 0.2) is 0 Å². The second-order valence-electron chi connectivity index (χ2n) is 6.41. The van der Waals surface area contributed by atoms with Crippen molar-refractivity contribution in [1.82, 2.24) is 4.90 Å². The molecule has 0 bridgehead atoms. The average molecular weight is 281 g/mol. The van der Waals surface area contributed by atoms with E-state index >= 15 is 0 Å². The molecule has 1 aliphatic carbocycles. The fraction of sp³-hybridized carbons (Fsp3) is 0.867. The lowest BCUT2D eigenvalue weighted by Gasteiger charge is -2.41. The molecule has 0 aromatic carbocycles. The van der Waals surface area contributed by atoms with E-state index in [1.54, 1.807) is 0 Å². The van der Waals surface area contributed by atoms with Crippen LogP contribution in [-0.2, 0) is 14.3 Å². The maximum absolute atomic E-state index is 12.5.